The summed E-state index contributed by atoms with van der Waals surface area (Å²) < 4.78 is 24.0. The summed E-state index contributed by atoms with van der Waals surface area (Å²) in [6, 6.07) is 11.4. The van der Waals surface area contributed by atoms with Crippen LogP contribution in [-0.2, 0) is 16.1 Å². The molecule has 0 bridgehead atoms. The second kappa shape index (κ2) is 10.0. The average molecular weight is 399 g/mol. The number of ether oxygens (including phenoxy) is 2. The van der Waals surface area contributed by atoms with E-state index >= 15 is 0 Å². The maximum absolute atomic E-state index is 13.2. The summed E-state index contributed by atoms with van der Waals surface area (Å²) in [6.45, 7) is 3.20. The monoisotopic (exact) mass is 399 g/mol. The first-order valence-corrected chi connectivity index (χ1v) is 10.1. The fourth-order valence-electron chi connectivity index (χ4n) is 3.41. The van der Waals surface area contributed by atoms with Crippen LogP contribution >= 0.6 is 0 Å². The molecule has 6 heteroatoms. The van der Waals surface area contributed by atoms with Crippen LogP contribution in [0.1, 0.15) is 54.9 Å². The van der Waals surface area contributed by atoms with Gasteiger partial charge in [0.2, 0.25) is 0 Å². The van der Waals surface area contributed by atoms with Crippen LogP contribution in [0.4, 0.5) is 10.1 Å². The smallest absolute Gasteiger partial charge is 0.305 e. The van der Waals surface area contributed by atoms with Crippen LogP contribution in [-0.4, -0.2) is 25.1 Å². The second-order valence-corrected chi connectivity index (χ2v) is 6.97. The molecule has 0 spiro atoms. The Morgan fingerprint density at radius 3 is 2.59 bits per heavy atom. The summed E-state index contributed by atoms with van der Waals surface area (Å²) >= 11 is 0. The van der Waals surface area contributed by atoms with Crippen molar-refractivity contribution in [2.45, 2.75) is 45.6 Å². The number of hydrogen-bond donors (Lipinski definition) is 0. The van der Waals surface area contributed by atoms with E-state index in [0.717, 1.165) is 31.2 Å². The Morgan fingerprint density at radius 2 is 1.83 bits per heavy atom. The molecule has 0 unspecified atom stereocenters. The van der Waals surface area contributed by atoms with Crippen molar-refractivity contribution in [1.82, 2.24) is 0 Å². The Hall–Kier alpha value is -2.89. The predicted octanol–water partition coefficient (Wildman–Crippen LogP) is 4.88. The third-order valence-electron chi connectivity index (χ3n) is 4.90. The zero-order chi connectivity index (χ0) is 20.6. The van der Waals surface area contributed by atoms with Crippen molar-refractivity contribution in [3.63, 3.8) is 0 Å². The summed E-state index contributed by atoms with van der Waals surface area (Å²) in [5.41, 5.74) is 2.16. The molecular weight excluding hydrogens is 373 g/mol. The molecule has 154 valence electrons. The number of amides is 1. The first-order chi connectivity index (χ1) is 14.1. The summed E-state index contributed by atoms with van der Waals surface area (Å²) in [4.78, 5) is 25.7. The highest BCUT2D eigenvalue weighted by molar-refractivity contribution is 6.10. The topological polar surface area (TPSA) is 55.8 Å². The van der Waals surface area contributed by atoms with Crippen molar-refractivity contribution in [2.75, 3.05) is 18.1 Å². The highest BCUT2D eigenvalue weighted by Crippen LogP contribution is 2.34. The number of carbonyl (C=O) groups excluding carboxylic acids is 2. The standard InChI is InChI=1S/C23H26FNO4/c1-2-28-22(26)10-5-3-4-6-15-29-21-9-7-8-19-20(21)16-25(23(19)27)18-13-11-17(24)12-14-18/h7-9,11-14H,2-6,10,15-16H2,1H3. The van der Waals surface area contributed by atoms with E-state index in [9.17, 15) is 14.0 Å². The third-order valence-corrected chi connectivity index (χ3v) is 4.90. The Labute approximate surface area is 170 Å². The van der Waals surface area contributed by atoms with E-state index in [1.807, 2.05) is 19.1 Å². The normalized spacial score (nSPS) is 12.8. The fourth-order valence-corrected chi connectivity index (χ4v) is 3.41. The van der Waals surface area contributed by atoms with E-state index in [1.165, 1.54) is 12.1 Å². The van der Waals surface area contributed by atoms with Gasteiger partial charge < -0.3 is 14.4 Å². The molecule has 1 amide bonds. The lowest BCUT2D eigenvalue weighted by Gasteiger charge is -2.15. The Kier molecular flexibility index (Phi) is 7.22. The molecule has 0 fully saturated rings. The Bertz CT molecular complexity index is 850. The highest BCUT2D eigenvalue weighted by Gasteiger charge is 2.30. The first kappa shape index (κ1) is 20.8. The van der Waals surface area contributed by atoms with Crippen molar-refractivity contribution in [3.05, 3.63) is 59.4 Å². The quantitative estimate of drug-likeness (QED) is 0.422. The van der Waals surface area contributed by atoms with Gasteiger partial charge in [-0.25, -0.2) is 4.39 Å². The number of carbonyl (C=O) groups is 2. The van der Waals surface area contributed by atoms with Crippen LogP contribution in [0.25, 0.3) is 0 Å². The summed E-state index contributed by atoms with van der Waals surface area (Å²) in [6.07, 6.45) is 4.08. The number of halogens is 1. The van der Waals surface area contributed by atoms with E-state index < -0.39 is 0 Å². The van der Waals surface area contributed by atoms with Crippen molar-refractivity contribution in [1.29, 1.82) is 0 Å². The number of hydrogen-bond acceptors (Lipinski definition) is 4. The zero-order valence-corrected chi connectivity index (χ0v) is 16.7. The lowest BCUT2D eigenvalue weighted by Crippen LogP contribution is -2.22. The van der Waals surface area contributed by atoms with Gasteiger partial charge in [-0.15, -0.1) is 0 Å². The molecule has 3 rings (SSSR count). The molecule has 2 aromatic rings. The maximum Gasteiger partial charge on any atom is 0.305 e. The SMILES string of the molecule is CCOC(=O)CCCCCCOc1cccc2c1CN(c1ccc(F)cc1)C2=O. The fraction of sp³-hybridized carbons (Fsp3) is 0.391. The van der Waals surface area contributed by atoms with Gasteiger partial charge in [0.15, 0.2) is 0 Å². The Morgan fingerprint density at radius 1 is 1.07 bits per heavy atom. The van der Waals surface area contributed by atoms with Crippen molar-refractivity contribution in [3.8, 4) is 5.75 Å². The number of unbranched alkanes of at least 4 members (excludes halogenated alkanes) is 3. The van der Waals surface area contributed by atoms with Gasteiger partial charge in [-0.3, -0.25) is 9.59 Å². The van der Waals surface area contributed by atoms with Crippen molar-refractivity contribution >= 4 is 17.6 Å². The molecule has 0 atom stereocenters. The maximum atomic E-state index is 13.2. The van der Waals surface area contributed by atoms with Gasteiger partial charge in [0.05, 0.1) is 19.8 Å². The number of fused-ring (bicyclic) bond motifs is 1. The number of anilines is 1. The number of rotatable bonds is 10. The Balaban J connectivity index is 1.49. The van der Waals surface area contributed by atoms with Crippen LogP contribution in [0.3, 0.4) is 0 Å². The number of nitrogens with zero attached hydrogens (tertiary/aromatic N) is 1. The number of benzene rings is 2. The molecule has 0 saturated heterocycles. The van der Waals surface area contributed by atoms with Crippen LogP contribution < -0.4 is 9.64 Å². The zero-order valence-electron chi connectivity index (χ0n) is 16.7. The van der Waals surface area contributed by atoms with Gasteiger partial charge in [0.1, 0.15) is 11.6 Å². The average Bonchev–Trinajstić information content (AvgIpc) is 3.05. The van der Waals surface area contributed by atoms with Gasteiger partial charge in [-0.1, -0.05) is 18.9 Å². The molecule has 2 aromatic carbocycles. The molecule has 0 aliphatic carbocycles. The van der Waals surface area contributed by atoms with Gasteiger partial charge in [0, 0.05) is 23.2 Å². The number of esters is 1. The van der Waals surface area contributed by atoms with E-state index in [4.69, 9.17) is 9.47 Å². The highest BCUT2D eigenvalue weighted by atomic mass is 19.1. The molecule has 0 N–H and O–H groups in total. The molecule has 0 saturated carbocycles. The lowest BCUT2D eigenvalue weighted by molar-refractivity contribution is -0.143. The van der Waals surface area contributed by atoms with Gasteiger partial charge >= 0.3 is 5.97 Å². The lowest BCUT2D eigenvalue weighted by atomic mass is 10.1. The van der Waals surface area contributed by atoms with E-state index in [0.29, 0.717) is 43.2 Å². The minimum Gasteiger partial charge on any atom is -0.493 e. The van der Waals surface area contributed by atoms with Gasteiger partial charge in [0.25, 0.3) is 5.91 Å². The van der Waals surface area contributed by atoms with E-state index in [1.54, 1.807) is 23.1 Å². The molecular formula is C23H26FNO4. The summed E-state index contributed by atoms with van der Waals surface area (Å²) in [5.74, 6) is 0.145. The van der Waals surface area contributed by atoms with Gasteiger partial charge in [-0.2, -0.15) is 0 Å². The minimum atomic E-state index is -0.329. The van der Waals surface area contributed by atoms with Crippen molar-refractivity contribution in [2.24, 2.45) is 0 Å². The van der Waals surface area contributed by atoms with E-state index in [2.05, 4.69) is 0 Å². The third kappa shape index (κ3) is 5.34. The molecule has 5 nitrogen and oxygen atoms in total. The predicted molar refractivity (Wildman–Crippen MR) is 109 cm³/mol. The largest absolute Gasteiger partial charge is 0.493 e. The van der Waals surface area contributed by atoms with Crippen molar-refractivity contribution < 1.29 is 23.5 Å². The van der Waals surface area contributed by atoms with Crippen LogP contribution in [0, 0.1) is 5.82 Å². The molecule has 29 heavy (non-hydrogen) atoms. The molecule has 1 heterocycles. The van der Waals surface area contributed by atoms with Gasteiger partial charge in [-0.05, 0) is 56.2 Å². The molecule has 1 aliphatic rings. The molecule has 0 aromatic heterocycles. The summed E-state index contributed by atoms with van der Waals surface area (Å²) in [5, 5.41) is 0. The van der Waals surface area contributed by atoms with Crippen LogP contribution in [0.5, 0.6) is 5.75 Å². The first-order valence-electron chi connectivity index (χ1n) is 10.1. The summed E-state index contributed by atoms with van der Waals surface area (Å²) in [7, 11) is 0. The minimum absolute atomic E-state index is 0.101. The van der Waals surface area contributed by atoms with Crippen LogP contribution in [0.2, 0.25) is 0 Å². The van der Waals surface area contributed by atoms with E-state index in [-0.39, 0.29) is 17.7 Å². The molecule has 1 aliphatic heterocycles. The second-order valence-electron chi connectivity index (χ2n) is 6.97. The molecule has 0 radical (unpaired) electrons. The van der Waals surface area contributed by atoms with Crippen LogP contribution in [0.15, 0.2) is 42.5 Å².